The van der Waals surface area contributed by atoms with Crippen molar-refractivity contribution < 1.29 is 14.3 Å². The number of H-pyrrole nitrogens is 1. The number of carbonyl (C=O) groups is 2. The smallest absolute Gasteiger partial charge is 0.262 e. The Balaban J connectivity index is 1.73. The highest BCUT2D eigenvalue weighted by Gasteiger charge is 2.22. The Morgan fingerprint density at radius 2 is 2.12 bits per heavy atom. The fourth-order valence-electron chi connectivity index (χ4n) is 2.25. The van der Waals surface area contributed by atoms with Gasteiger partial charge in [0.2, 0.25) is 5.16 Å². The van der Waals surface area contributed by atoms with Gasteiger partial charge in [-0.3, -0.25) is 14.7 Å². The normalized spacial score (nSPS) is 14.8. The lowest BCUT2D eigenvalue weighted by molar-refractivity contribution is -0.118. The van der Waals surface area contributed by atoms with E-state index in [1.165, 1.54) is 11.8 Å². The van der Waals surface area contributed by atoms with Crippen molar-refractivity contribution >= 4 is 29.1 Å². The molecule has 0 saturated carbocycles. The average Bonchev–Trinajstić information content (AvgIpc) is 3.02. The number of hydrogen-bond acceptors (Lipinski definition) is 6. The number of aromatic nitrogens is 3. The van der Waals surface area contributed by atoms with E-state index in [4.69, 9.17) is 4.74 Å². The van der Waals surface area contributed by atoms with Gasteiger partial charge < -0.3 is 10.1 Å². The third kappa shape index (κ3) is 3.43. The van der Waals surface area contributed by atoms with Gasteiger partial charge in [0.25, 0.3) is 5.91 Å². The Hall–Kier alpha value is -2.35. The zero-order valence-electron chi connectivity index (χ0n) is 13.6. The Morgan fingerprint density at radius 3 is 2.83 bits per heavy atom. The van der Waals surface area contributed by atoms with E-state index in [1.54, 1.807) is 18.2 Å². The first-order valence-electron chi connectivity index (χ1n) is 7.64. The molecule has 1 unspecified atom stereocenters. The van der Waals surface area contributed by atoms with Crippen molar-refractivity contribution in [3.8, 4) is 5.75 Å². The summed E-state index contributed by atoms with van der Waals surface area (Å²) in [5.41, 5.74) is 1.04. The first kappa shape index (κ1) is 16.5. The Labute approximate surface area is 143 Å². The van der Waals surface area contributed by atoms with Crippen LogP contribution in [0.1, 0.15) is 42.9 Å². The fraction of sp³-hybridized carbons (Fsp3) is 0.375. The molecule has 1 atom stereocenters. The molecule has 0 saturated heterocycles. The van der Waals surface area contributed by atoms with Gasteiger partial charge in [0, 0.05) is 11.5 Å². The van der Waals surface area contributed by atoms with Crippen LogP contribution in [0.3, 0.4) is 0 Å². The van der Waals surface area contributed by atoms with E-state index in [0.29, 0.717) is 22.2 Å². The first-order chi connectivity index (χ1) is 11.4. The van der Waals surface area contributed by atoms with Gasteiger partial charge in [-0.1, -0.05) is 25.6 Å². The minimum atomic E-state index is -0.348. The highest BCUT2D eigenvalue weighted by atomic mass is 32.2. The van der Waals surface area contributed by atoms with Gasteiger partial charge in [-0.05, 0) is 25.1 Å². The monoisotopic (exact) mass is 346 g/mol. The molecule has 1 aromatic heterocycles. The summed E-state index contributed by atoms with van der Waals surface area (Å²) in [5, 5.41) is 9.92. The SMILES string of the molecule is CC(Sc1n[nH]c(C(C)C)n1)C(=O)c1ccc2c(c1)NC(=O)CO2. The van der Waals surface area contributed by atoms with Crippen LogP contribution in [0.5, 0.6) is 5.75 Å². The van der Waals surface area contributed by atoms with Crippen molar-refractivity contribution in [1.82, 2.24) is 15.2 Å². The van der Waals surface area contributed by atoms with Gasteiger partial charge in [0.15, 0.2) is 12.4 Å². The van der Waals surface area contributed by atoms with Gasteiger partial charge in [0.05, 0.1) is 10.9 Å². The minimum absolute atomic E-state index is 0.00440. The largest absolute Gasteiger partial charge is 0.482 e. The van der Waals surface area contributed by atoms with Crippen molar-refractivity contribution in [3.63, 3.8) is 0 Å². The van der Waals surface area contributed by atoms with Crippen molar-refractivity contribution in [2.24, 2.45) is 0 Å². The molecule has 2 aromatic rings. The molecule has 126 valence electrons. The lowest BCUT2D eigenvalue weighted by Crippen LogP contribution is -2.25. The van der Waals surface area contributed by atoms with Gasteiger partial charge in [-0.15, -0.1) is 5.10 Å². The fourth-order valence-corrected chi connectivity index (χ4v) is 3.06. The van der Waals surface area contributed by atoms with E-state index >= 15 is 0 Å². The third-order valence-electron chi connectivity index (χ3n) is 3.58. The molecule has 0 spiro atoms. The van der Waals surface area contributed by atoms with Gasteiger partial charge in [-0.2, -0.15) is 0 Å². The zero-order chi connectivity index (χ0) is 17.3. The number of aromatic amines is 1. The summed E-state index contributed by atoms with van der Waals surface area (Å²) in [4.78, 5) is 28.4. The molecule has 1 aromatic carbocycles. The number of nitrogens with one attached hydrogen (secondary N) is 2. The maximum absolute atomic E-state index is 12.6. The number of ketones is 1. The summed E-state index contributed by atoms with van der Waals surface area (Å²) in [5.74, 6) is 1.34. The maximum Gasteiger partial charge on any atom is 0.262 e. The molecule has 1 amide bonds. The van der Waals surface area contributed by atoms with E-state index in [9.17, 15) is 9.59 Å². The van der Waals surface area contributed by atoms with E-state index in [0.717, 1.165) is 5.82 Å². The standard InChI is InChI=1S/C16H18N4O3S/c1-8(2)15-18-16(20-19-15)24-9(3)14(22)10-4-5-12-11(6-10)17-13(21)7-23-12/h4-6,8-9H,7H2,1-3H3,(H,17,21)(H,18,19,20). The topological polar surface area (TPSA) is 97.0 Å². The summed E-state index contributed by atoms with van der Waals surface area (Å²) < 4.78 is 5.30. The number of carbonyl (C=O) groups excluding carboxylic acids is 2. The number of benzene rings is 1. The van der Waals surface area contributed by atoms with Crippen molar-refractivity contribution in [3.05, 3.63) is 29.6 Å². The third-order valence-corrected chi connectivity index (χ3v) is 4.54. The summed E-state index contributed by atoms with van der Waals surface area (Å²) in [6, 6.07) is 5.04. The molecule has 0 fully saturated rings. The highest BCUT2D eigenvalue weighted by molar-refractivity contribution is 8.00. The van der Waals surface area contributed by atoms with Gasteiger partial charge in [-0.25, -0.2) is 4.98 Å². The number of Topliss-reactive ketones (excluding diaryl/α,β-unsaturated/α-hetero) is 1. The number of nitrogens with zero attached hydrogens (tertiary/aromatic N) is 2. The van der Waals surface area contributed by atoms with Crippen LogP contribution < -0.4 is 10.1 Å². The van der Waals surface area contributed by atoms with Crippen molar-refractivity contribution in [1.29, 1.82) is 0 Å². The van der Waals surface area contributed by atoms with E-state index in [2.05, 4.69) is 20.5 Å². The first-order valence-corrected chi connectivity index (χ1v) is 8.52. The number of ether oxygens (including phenoxy) is 1. The summed E-state index contributed by atoms with van der Waals surface area (Å²) in [6.45, 7) is 5.85. The van der Waals surface area contributed by atoms with Crippen LogP contribution in [0.4, 0.5) is 5.69 Å². The molecule has 0 aliphatic carbocycles. The maximum atomic E-state index is 12.6. The summed E-state index contributed by atoms with van der Waals surface area (Å²) in [6.07, 6.45) is 0. The Bertz CT molecular complexity index is 787. The number of thioether (sulfide) groups is 1. The van der Waals surface area contributed by atoms with Crippen molar-refractivity contribution in [2.75, 3.05) is 11.9 Å². The molecule has 2 heterocycles. The molecular formula is C16H18N4O3S. The second-order valence-corrected chi connectivity index (χ2v) is 7.14. The van der Waals surface area contributed by atoms with Crippen molar-refractivity contribution in [2.45, 2.75) is 37.1 Å². The highest BCUT2D eigenvalue weighted by Crippen LogP contribution is 2.30. The average molecular weight is 346 g/mol. The van der Waals surface area contributed by atoms with Crippen LogP contribution in [0, 0.1) is 0 Å². The lowest BCUT2D eigenvalue weighted by atomic mass is 10.1. The lowest BCUT2D eigenvalue weighted by Gasteiger charge is -2.18. The van der Waals surface area contributed by atoms with Gasteiger partial charge >= 0.3 is 0 Å². The number of anilines is 1. The Kier molecular flexibility index (Phi) is 4.57. The number of rotatable bonds is 5. The number of hydrogen-bond donors (Lipinski definition) is 2. The van der Waals surface area contributed by atoms with Crippen LogP contribution in [-0.2, 0) is 4.79 Å². The predicted octanol–water partition coefficient (Wildman–Crippen LogP) is 2.62. The molecular weight excluding hydrogens is 328 g/mol. The molecule has 3 rings (SSSR count). The number of fused-ring (bicyclic) bond motifs is 1. The van der Waals surface area contributed by atoms with Crippen LogP contribution >= 0.6 is 11.8 Å². The number of amides is 1. The summed E-state index contributed by atoms with van der Waals surface area (Å²) >= 11 is 1.30. The molecule has 24 heavy (non-hydrogen) atoms. The second-order valence-electron chi connectivity index (χ2n) is 5.83. The molecule has 1 aliphatic rings. The van der Waals surface area contributed by atoms with Crippen LogP contribution in [0.15, 0.2) is 23.4 Å². The van der Waals surface area contributed by atoms with Gasteiger partial charge in [0.1, 0.15) is 11.6 Å². The quantitative estimate of drug-likeness (QED) is 0.638. The van der Waals surface area contributed by atoms with E-state index in [-0.39, 0.29) is 29.5 Å². The summed E-state index contributed by atoms with van der Waals surface area (Å²) in [7, 11) is 0. The van der Waals surface area contributed by atoms with Crippen LogP contribution in [0.25, 0.3) is 0 Å². The molecule has 8 heteroatoms. The zero-order valence-corrected chi connectivity index (χ0v) is 14.4. The van der Waals surface area contributed by atoms with Crippen LogP contribution in [-0.4, -0.2) is 38.7 Å². The second kappa shape index (κ2) is 6.64. The molecule has 0 bridgehead atoms. The van der Waals surface area contributed by atoms with E-state index < -0.39 is 0 Å². The molecule has 1 aliphatic heterocycles. The predicted molar refractivity (Wildman–Crippen MR) is 90.7 cm³/mol. The minimum Gasteiger partial charge on any atom is -0.482 e. The Morgan fingerprint density at radius 1 is 1.33 bits per heavy atom. The molecule has 7 nitrogen and oxygen atoms in total. The van der Waals surface area contributed by atoms with E-state index in [1.807, 2.05) is 20.8 Å². The molecule has 2 N–H and O–H groups in total. The molecule has 0 radical (unpaired) electrons. The van der Waals surface area contributed by atoms with Crippen LogP contribution in [0.2, 0.25) is 0 Å².